The van der Waals surface area contributed by atoms with Gasteiger partial charge in [-0.05, 0) is 38.5 Å². The molecule has 23 heavy (non-hydrogen) atoms. The lowest BCUT2D eigenvalue weighted by atomic mass is 9.92. The molecule has 5 heteroatoms. The van der Waals surface area contributed by atoms with Gasteiger partial charge >= 0.3 is 5.97 Å². The number of carbonyl (C=O) groups excluding carboxylic acids is 1. The summed E-state index contributed by atoms with van der Waals surface area (Å²) in [5.41, 5.74) is -0.0569. The van der Waals surface area contributed by atoms with Crippen LogP contribution in [-0.4, -0.2) is 35.1 Å². The Morgan fingerprint density at radius 1 is 1.35 bits per heavy atom. The van der Waals surface area contributed by atoms with Crippen molar-refractivity contribution < 1.29 is 19.4 Å². The number of esters is 1. The Labute approximate surface area is 142 Å². The molecule has 0 bridgehead atoms. The third kappa shape index (κ3) is 5.92. The summed E-state index contributed by atoms with van der Waals surface area (Å²) in [6, 6.07) is 7.70. The van der Waals surface area contributed by atoms with Crippen molar-refractivity contribution in [3.05, 3.63) is 42.5 Å². The second-order valence-corrected chi connectivity index (χ2v) is 7.30. The summed E-state index contributed by atoms with van der Waals surface area (Å²) in [7, 11) is 1.62. The van der Waals surface area contributed by atoms with Gasteiger partial charge in [0.05, 0.1) is 19.3 Å². The molecular weight excluding hydrogens is 312 g/mol. The minimum absolute atomic E-state index is 0.239. The maximum Gasteiger partial charge on any atom is 0.322 e. The van der Waals surface area contributed by atoms with Gasteiger partial charge in [-0.15, -0.1) is 18.3 Å². The summed E-state index contributed by atoms with van der Waals surface area (Å²) < 4.78 is 9.48. The molecule has 0 aliphatic heterocycles. The van der Waals surface area contributed by atoms with Crippen LogP contribution in [0.25, 0.3) is 0 Å². The molecular formula is C18H26O4S. The molecule has 0 amide bonds. The fourth-order valence-electron chi connectivity index (χ4n) is 2.19. The third-order valence-corrected chi connectivity index (χ3v) is 4.98. The first kappa shape index (κ1) is 19.6. The first-order valence-corrected chi connectivity index (χ1v) is 8.55. The molecule has 0 fully saturated rings. The summed E-state index contributed by atoms with van der Waals surface area (Å²) in [4.78, 5) is 12.4. The topological polar surface area (TPSA) is 55.8 Å². The van der Waals surface area contributed by atoms with E-state index >= 15 is 0 Å². The van der Waals surface area contributed by atoms with Gasteiger partial charge in [0.1, 0.15) is 10.5 Å². The van der Waals surface area contributed by atoms with Crippen molar-refractivity contribution >= 4 is 17.7 Å². The van der Waals surface area contributed by atoms with Gasteiger partial charge in [0.15, 0.2) is 0 Å². The second-order valence-electron chi connectivity index (χ2n) is 5.83. The summed E-state index contributed by atoms with van der Waals surface area (Å²) in [5, 5.41) is 10.3. The lowest BCUT2D eigenvalue weighted by Gasteiger charge is -2.32. The zero-order valence-corrected chi connectivity index (χ0v) is 15.1. The Morgan fingerprint density at radius 3 is 2.43 bits per heavy atom. The zero-order chi connectivity index (χ0) is 17.5. The predicted octanol–water partition coefficient (Wildman–Crippen LogP) is 3.58. The quantitative estimate of drug-likeness (QED) is 0.551. The molecule has 0 aliphatic carbocycles. The van der Waals surface area contributed by atoms with Gasteiger partial charge in [-0.2, -0.15) is 0 Å². The monoisotopic (exact) mass is 338 g/mol. The highest BCUT2D eigenvalue weighted by molar-refractivity contribution is 8.00. The van der Waals surface area contributed by atoms with Gasteiger partial charge in [0.2, 0.25) is 0 Å². The average Bonchev–Trinajstić information content (AvgIpc) is 2.53. The number of ether oxygens (including phenoxy) is 2. The van der Waals surface area contributed by atoms with Crippen molar-refractivity contribution in [1.82, 2.24) is 0 Å². The highest BCUT2D eigenvalue weighted by Crippen LogP contribution is 2.37. The number of methoxy groups -OCH3 is 1. The molecule has 4 nitrogen and oxygen atoms in total. The second kappa shape index (κ2) is 8.41. The van der Waals surface area contributed by atoms with Crippen LogP contribution in [0.2, 0.25) is 0 Å². The normalized spacial score (nSPS) is 16.0. The van der Waals surface area contributed by atoms with Crippen molar-refractivity contribution in [1.29, 1.82) is 0 Å². The van der Waals surface area contributed by atoms with E-state index in [0.717, 1.165) is 11.3 Å². The molecule has 128 valence electrons. The van der Waals surface area contributed by atoms with Crippen LogP contribution in [0.4, 0.5) is 0 Å². The van der Waals surface area contributed by atoms with E-state index in [-0.39, 0.29) is 12.4 Å². The van der Waals surface area contributed by atoms with Crippen LogP contribution in [0.1, 0.15) is 32.8 Å². The molecule has 0 aliphatic rings. The summed E-state index contributed by atoms with van der Waals surface area (Å²) in [5.74, 6) is 1.11. The first-order chi connectivity index (χ1) is 10.8. The molecule has 1 N–H and O–H groups in total. The van der Waals surface area contributed by atoms with Crippen LogP contribution < -0.4 is 4.74 Å². The standard InChI is InChI=1S/C18H26O4S/c1-6-17(3,20)13-18(4,16(19)22-7-2)23-12-14-8-10-15(21-5)11-9-14/h6,8-11,20H,1,7,12-13H2,2-5H3/t17?,18-/m0/s1. The molecule has 0 radical (unpaired) electrons. The number of aliphatic hydroxyl groups is 1. The molecule has 0 saturated heterocycles. The molecule has 0 heterocycles. The summed E-state index contributed by atoms with van der Waals surface area (Å²) >= 11 is 1.46. The van der Waals surface area contributed by atoms with E-state index in [1.165, 1.54) is 17.8 Å². The average molecular weight is 338 g/mol. The van der Waals surface area contributed by atoms with Crippen molar-refractivity contribution in [2.75, 3.05) is 13.7 Å². The maximum atomic E-state index is 12.4. The number of thioether (sulfide) groups is 1. The van der Waals surface area contributed by atoms with E-state index in [2.05, 4.69) is 6.58 Å². The highest BCUT2D eigenvalue weighted by Gasteiger charge is 2.40. The van der Waals surface area contributed by atoms with Crippen LogP contribution in [-0.2, 0) is 15.3 Å². The maximum absolute atomic E-state index is 12.4. The molecule has 1 rings (SSSR count). The fraction of sp³-hybridized carbons (Fsp3) is 0.500. The van der Waals surface area contributed by atoms with Crippen LogP contribution >= 0.6 is 11.8 Å². The largest absolute Gasteiger partial charge is 0.497 e. The van der Waals surface area contributed by atoms with Crippen LogP contribution in [0.3, 0.4) is 0 Å². The minimum atomic E-state index is -1.13. The molecule has 2 atom stereocenters. The van der Waals surface area contributed by atoms with E-state index < -0.39 is 10.3 Å². The Morgan fingerprint density at radius 2 is 1.96 bits per heavy atom. The Bertz CT molecular complexity index is 524. The van der Waals surface area contributed by atoms with E-state index in [4.69, 9.17) is 9.47 Å². The van der Waals surface area contributed by atoms with Gasteiger partial charge in [-0.1, -0.05) is 18.2 Å². The fourth-order valence-corrected chi connectivity index (χ4v) is 3.43. The van der Waals surface area contributed by atoms with Crippen molar-refractivity contribution in [3.8, 4) is 5.75 Å². The van der Waals surface area contributed by atoms with Crippen LogP contribution in [0.15, 0.2) is 36.9 Å². The van der Waals surface area contributed by atoms with Gasteiger partial charge < -0.3 is 14.6 Å². The number of rotatable bonds is 9. The van der Waals surface area contributed by atoms with E-state index in [0.29, 0.717) is 12.4 Å². The highest BCUT2D eigenvalue weighted by atomic mass is 32.2. The van der Waals surface area contributed by atoms with Crippen molar-refractivity contribution in [2.45, 2.75) is 43.3 Å². The van der Waals surface area contributed by atoms with Gasteiger partial charge in [0, 0.05) is 12.2 Å². The van der Waals surface area contributed by atoms with Gasteiger partial charge in [-0.3, -0.25) is 4.79 Å². The number of carbonyl (C=O) groups is 1. The lowest BCUT2D eigenvalue weighted by Crippen LogP contribution is -2.41. The van der Waals surface area contributed by atoms with Gasteiger partial charge in [-0.25, -0.2) is 0 Å². The number of hydrogen-bond acceptors (Lipinski definition) is 5. The number of hydrogen-bond donors (Lipinski definition) is 1. The molecule has 1 aromatic rings. The molecule has 0 spiro atoms. The Balaban J connectivity index is 2.86. The predicted molar refractivity (Wildman–Crippen MR) is 94.8 cm³/mol. The minimum Gasteiger partial charge on any atom is -0.497 e. The van der Waals surface area contributed by atoms with E-state index in [9.17, 15) is 9.90 Å². The zero-order valence-electron chi connectivity index (χ0n) is 14.3. The van der Waals surface area contributed by atoms with E-state index in [1.54, 1.807) is 27.9 Å². The van der Waals surface area contributed by atoms with E-state index in [1.807, 2.05) is 24.3 Å². The Hall–Kier alpha value is -1.46. The van der Waals surface area contributed by atoms with Gasteiger partial charge in [0.25, 0.3) is 0 Å². The summed E-state index contributed by atoms with van der Waals surface area (Å²) in [6.45, 7) is 9.17. The SMILES string of the molecule is C=CC(C)(O)C[C@](C)(SCc1ccc(OC)cc1)C(=O)OCC. The third-order valence-electron chi connectivity index (χ3n) is 3.56. The van der Waals surface area contributed by atoms with Crippen molar-refractivity contribution in [2.24, 2.45) is 0 Å². The van der Waals surface area contributed by atoms with Crippen LogP contribution in [0, 0.1) is 0 Å². The molecule has 0 aromatic heterocycles. The lowest BCUT2D eigenvalue weighted by molar-refractivity contribution is -0.147. The summed E-state index contributed by atoms with van der Waals surface area (Å²) in [6.07, 6.45) is 1.70. The number of benzene rings is 1. The van der Waals surface area contributed by atoms with Crippen molar-refractivity contribution in [3.63, 3.8) is 0 Å². The smallest absolute Gasteiger partial charge is 0.322 e. The first-order valence-electron chi connectivity index (χ1n) is 7.56. The molecule has 1 unspecified atom stereocenters. The van der Waals surface area contributed by atoms with Crippen LogP contribution in [0.5, 0.6) is 5.75 Å². The Kier molecular flexibility index (Phi) is 7.16. The molecule has 1 aromatic carbocycles. The molecule has 0 saturated carbocycles.